The molecule has 1 aliphatic rings. The Morgan fingerprint density at radius 1 is 1.61 bits per heavy atom. The van der Waals surface area contributed by atoms with Crippen LogP contribution >= 0.6 is 0 Å². The van der Waals surface area contributed by atoms with E-state index in [0.717, 1.165) is 18.4 Å². The first kappa shape index (κ1) is 13.1. The van der Waals surface area contributed by atoms with Crippen molar-refractivity contribution in [1.82, 2.24) is 4.98 Å². The molecule has 1 fully saturated rings. The van der Waals surface area contributed by atoms with Crippen molar-refractivity contribution in [2.45, 2.75) is 25.9 Å². The van der Waals surface area contributed by atoms with Gasteiger partial charge in [-0.1, -0.05) is 0 Å². The lowest BCUT2D eigenvalue weighted by atomic mass is 10.2. The minimum absolute atomic E-state index is 0.0297. The van der Waals surface area contributed by atoms with Crippen LogP contribution in [0.3, 0.4) is 0 Å². The summed E-state index contributed by atoms with van der Waals surface area (Å²) in [5, 5.41) is 0. The van der Waals surface area contributed by atoms with Crippen LogP contribution in [0.4, 0.5) is 11.5 Å². The van der Waals surface area contributed by atoms with Crippen LogP contribution < -0.4 is 10.5 Å². The average Bonchev–Trinajstić information content (AvgIpc) is 2.75. The Hall–Kier alpha value is -1.34. The molecule has 7 heteroatoms. The Balaban J connectivity index is 2.04. The van der Waals surface area contributed by atoms with Gasteiger partial charge in [0.1, 0.15) is 5.82 Å². The number of nitrogens with zero attached hydrogens (tertiary/aromatic N) is 1. The summed E-state index contributed by atoms with van der Waals surface area (Å²) in [5.74, 6) is 0.262. The van der Waals surface area contributed by atoms with Crippen LogP contribution in [-0.4, -0.2) is 31.9 Å². The predicted octanol–water partition coefficient (Wildman–Crippen LogP) is 0.893. The number of nitrogens with one attached hydrogen (secondary N) is 1. The van der Waals surface area contributed by atoms with Gasteiger partial charge < -0.3 is 10.5 Å². The van der Waals surface area contributed by atoms with E-state index in [0.29, 0.717) is 18.1 Å². The van der Waals surface area contributed by atoms with Crippen LogP contribution in [0.5, 0.6) is 0 Å². The number of hydrogen-bond donors (Lipinski definition) is 2. The van der Waals surface area contributed by atoms with Crippen LogP contribution in [0.2, 0.25) is 0 Å². The van der Waals surface area contributed by atoms with Gasteiger partial charge in [0.2, 0.25) is 10.0 Å². The predicted molar refractivity (Wildman–Crippen MR) is 69.8 cm³/mol. The van der Waals surface area contributed by atoms with Crippen LogP contribution in [-0.2, 0) is 14.8 Å². The van der Waals surface area contributed by atoms with E-state index < -0.39 is 10.0 Å². The average molecular weight is 271 g/mol. The molecule has 0 aliphatic carbocycles. The summed E-state index contributed by atoms with van der Waals surface area (Å²) in [6.45, 7) is 2.44. The fraction of sp³-hybridized carbons (Fsp3) is 0.545. The molecule has 0 aromatic carbocycles. The summed E-state index contributed by atoms with van der Waals surface area (Å²) in [7, 11) is -3.43. The quantitative estimate of drug-likeness (QED) is 0.848. The molecule has 1 atom stereocenters. The molecule has 1 aliphatic heterocycles. The van der Waals surface area contributed by atoms with Crippen molar-refractivity contribution >= 4 is 21.5 Å². The number of ether oxygens (including phenoxy) is 1. The first-order chi connectivity index (χ1) is 8.46. The molecule has 1 saturated heterocycles. The summed E-state index contributed by atoms with van der Waals surface area (Å²) in [6, 6.07) is 1.61. The number of anilines is 2. The molecule has 0 bridgehead atoms. The Morgan fingerprint density at radius 2 is 2.39 bits per heavy atom. The lowest BCUT2D eigenvalue weighted by Gasteiger charge is -2.12. The van der Waals surface area contributed by atoms with E-state index in [1.165, 1.54) is 6.20 Å². The zero-order valence-electron chi connectivity index (χ0n) is 10.2. The van der Waals surface area contributed by atoms with E-state index in [1.54, 1.807) is 13.0 Å². The second kappa shape index (κ2) is 5.11. The topological polar surface area (TPSA) is 94.3 Å². The highest BCUT2D eigenvalue weighted by molar-refractivity contribution is 7.92. The van der Waals surface area contributed by atoms with E-state index in [1.807, 2.05) is 0 Å². The SMILES string of the molecule is Cc1cc(NS(=O)(=O)CC2CCCO2)ncc1N. The molecule has 0 radical (unpaired) electrons. The minimum atomic E-state index is -3.43. The number of hydrogen-bond acceptors (Lipinski definition) is 5. The molecule has 2 rings (SSSR count). The molecule has 0 spiro atoms. The van der Waals surface area contributed by atoms with E-state index in [-0.39, 0.29) is 11.9 Å². The normalized spacial score (nSPS) is 19.9. The fourth-order valence-corrected chi connectivity index (χ4v) is 3.11. The van der Waals surface area contributed by atoms with Crippen molar-refractivity contribution in [2.24, 2.45) is 0 Å². The largest absolute Gasteiger partial charge is 0.397 e. The highest BCUT2D eigenvalue weighted by atomic mass is 32.2. The monoisotopic (exact) mass is 271 g/mol. The van der Waals surface area contributed by atoms with Crippen LogP contribution in [0.15, 0.2) is 12.3 Å². The van der Waals surface area contributed by atoms with Crippen molar-refractivity contribution in [3.8, 4) is 0 Å². The molecule has 100 valence electrons. The van der Waals surface area contributed by atoms with Gasteiger partial charge in [-0.25, -0.2) is 13.4 Å². The van der Waals surface area contributed by atoms with Crippen molar-refractivity contribution in [3.05, 3.63) is 17.8 Å². The van der Waals surface area contributed by atoms with Gasteiger partial charge in [0.25, 0.3) is 0 Å². The molecule has 0 amide bonds. The number of sulfonamides is 1. The molecule has 6 nitrogen and oxygen atoms in total. The summed E-state index contributed by atoms with van der Waals surface area (Å²) in [6.07, 6.45) is 2.94. The van der Waals surface area contributed by atoms with Gasteiger partial charge in [-0.15, -0.1) is 0 Å². The third kappa shape index (κ3) is 3.33. The second-order valence-corrected chi connectivity index (χ2v) is 6.21. The fourth-order valence-electron chi connectivity index (χ4n) is 1.84. The highest BCUT2D eigenvalue weighted by Gasteiger charge is 2.23. The summed E-state index contributed by atoms with van der Waals surface area (Å²) < 4.78 is 31.5. The Morgan fingerprint density at radius 3 is 3.00 bits per heavy atom. The zero-order chi connectivity index (χ0) is 13.2. The van der Waals surface area contributed by atoms with E-state index in [2.05, 4.69) is 9.71 Å². The van der Waals surface area contributed by atoms with Gasteiger partial charge in [-0.05, 0) is 31.4 Å². The first-order valence-electron chi connectivity index (χ1n) is 5.80. The first-order valence-corrected chi connectivity index (χ1v) is 7.46. The smallest absolute Gasteiger partial charge is 0.236 e. The van der Waals surface area contributed by atoms with Gasteiger partial charge in [0, 0.05) is 6.61 Å². The Bertz CT molecular complexity index is 524. The van der Waals surface area contributed by atoms with Crippen molar-refractivity contribution in [3.63, 3.8) is 0 Å². The maximum Gasteiger partial charge on any atom is 0.236 e. The van der Waals surface area contributed by atoms with Gasteiger partial charge >= 0.3 is 0 Å². The highest BCUT2D eigenvalue weighted by Crippen LogP contribution is 2.17. The zero-order valence-corrected chi connectivity index (χ0v) is 11.0. The molecule has 1 aromatic heterocycles. The number of aromatic nitrogens is 1. The second-order valence-electron chi connectivity index (χ2n) is 4.44. The number of aryl methyl sites for hydroxylation is 1. The molecule has 2 heterocycles. The number of nitrogens with two attached hydrogens (primary N) is 1. The van der Waals surface area contributed by atoms with E-state index in [4.69, 9.17) is 10.5 Å². The number of pyridine rings is 1. The van der Waals surface area contributed by atoms with Gasteiger partial charge in [0.05, 0.1) is 23.7 Å². The maximum absolute atomic E-state index is 11.9. The molecular formula is C11H17N3O3S. The van der Waals surface area contributed by atoms with E-state index in [9.17, 15) is 8.42 Å². The third-order valence-electron chi connectivity index (χ3n) is 2.84. The van der Waals surface area contributed by atoms with Gasteiger partial charge in [0.15, 0.2) is 0 Å². The standard InChI is InChI=1S/C11H17N3O3S/c1-8-5-11(13-6-10(8)12)14-18(15,16)7-9-3-2-4-17-9/h5-6,9H,2-4,7,12H2,1H3,(H,13,14). The maximum atomic E-state index is 11.9. The van der Waals surface area contributed by atoms with Crippen LogP contribution in [0.25, 0.3) is 0 Å². The van der Waals surface area contributed by atoms with Crippen LogP contribution in [0.1, 0.15) is 18.4 Å². The summed E-state index contributed by atoms with van der Waals surface area (Å²) in [4.78, 5) is 3.94. The molecule has 0 saturated carbocycles. The van der Waals surface area contributed by atoms with Crippen molar-refractivity contribution in [1.29, 1.82) is 0 Å². The lowest BCUT2D eigenvalue weighted by molar-refractivity contribution is 0.127. The number of nitrogen functional groups attached to an aromatic ring is 1. The molecule has 1 aromatic rings. The molecule has 18 heavy (non-hydrogen) atoms. The van der Waals surface area contributed by atoms with E-state index >= 15 is 0 Å². The van der Waals surface area contributed by atoms with Crippen LogP contribution in [0, 0.1) is 6.92 Å². The van der Waals surface area contributed by atoms with Crippen molar-refractivity contribution < 1.29 is 13.2 Å². The molecular weight excluding hydrogens is 254 g/mol. The summed E-state index contributed by atoms with van der Waals surface area (Å²) >= 11 is 0. The van der Waals surface area contributed by atoms with Crippen molar-refractivity contribution in [2.75, 3.05) is 22.8 Å². The molecule has 1 unspecified atom stereocenters. The Labute approximate surface area is 107 Å². The summed E-state index contributed by atoms with van der Waals surface area (Å²) in [5.41, 5.74) is 6.96. The Kier molecular flexibility index (Phi) is 3.72. The minimum Gasteiger partial charge on any atom is -0.397 e. The third-order valence-corrected chi connectivity index (χ3v) is 4.17. The van der Waals surface area contributed by atoms with Gasteiger partial charge in [-0.3, -0.25) is 4.72 Å². The molecule has 3 N–H and O–H groups in total. The lowest BCUT2D eigenvalue weighted by Crippen LogP contribution is -2.26. The van der Waals surface area contributed by atoms with Gasteiger partial charge in [-0.2, -0.15) is 0 Å². The number of rotatable bonds is 4.